The van der Waals surface area contributed by atoms with Crippen molar-refractivity contribution in [3.8, 4) is 11.5 Å². The first-order chi connectivity index (χ1) is 16.3. The van der Waals surface area contributed by atoms with Crippen LogP contribution in [-0.2, 0) is 10.0 Å². The molecule has 0 fully saturated rings. The molecule has 1 heterocycles. The first-order valence-electron chi connectivity index (χ1n) is 10.2. The van der Waals surface area contributed by atoms with E-state index in [1.165, 1.54) is 36.4 Å². The average molecular weight is 478 g/mol. The molecule has 172 valence electrons. The fourth-order valence-electron chi connectivity index (χ4n) is 3.10. The van der Waals surface area contributed by atoms with Crippen LogP contribution in [0.3, 0.4) is 0 Å². The van der Waals surface area contributed by atoms with E-state index < -0.39 is 15.8 Å². The lowest BCUT2D eigenvalue weighted by molar-refractivity contribution is 0.102. The Morgan fingerprint density at radius 2 is 1.65 bits per heavy atom. The van der Waals surface area contributed by atoms with Crippen LogP contribution in [0.2, 0.25) is 0 Å². The number of ether oxygens (including phenoxy) is 1. The molecule has 0 saturated heterocycles. The predicted molar refractivity (Wildman–Crippen MR) is 127 cm³/mol. The number of sulfonamides is 1. The van der Waals surface area contributed by atoms with Gasteiger partial charge in [-0.15, -0.1) is 0 Å². The summed E-state index contributed by atoms with van der Waals surface area (Å²) in [7, 11) is -3.88. The summed E-state index contributed by atoms with van der Waals surface area (Å²) in [6.07, 6.45) is 3.27. The molecule has 7 nitrogen and oxygen atoms in total. The number of amides is 1. The highest BCUT2D eigenvalue weighted by Crippen LogP contribution is 2.27. The molecule has 0 aliphatic rings. The Morgan fingerprint density at radius 1 is 0.941 bits per heavy atom. The van der Waals surface area contributed by atoms with Crippen LogP contribution in [0.15, 0.2) is 96.2 Å². The molecule has 34 heavy (non-hydrogen) atoms. The molecule has 0 atom stereocenters. The van der Waals surface area contributed by atoms with Crippen LogP contribution >= 0.6 is 0 Å². The van der Waals surface area contributed by atoms with Gasteiger partial charge < -0.3 is 10.1 Å². The maximum Gasteiger partial charge on any atom is 0.261 e. The lowest BCUT2D eigenvalue weighted by Crippen LogP contribution is -2.14. The molecular formula is C25H20FN3O4S. The minimum Gasteiger partial charge on any atom is -0.455 e. The van der Waals surface area contributed by atoms with E-state index in [0.29, 0.717) is 22.7 Å². The zero-order chi connectivity index (χ0) is 24.1. The summed E-state index contributed by atoms with van der Waals surface area (Å²) in [6, 6.07) is 19.3. The Balaban J connectivity index is 1.41. The van der Waals surface area contributed by atoms with Crippen molar-refractivity contribution in [3.05, 3.63) is 108 Å². The van der Waals surface area contributed by atoms with Crippen molar-refractivity contribution < 1.29 is 22.3 Å². The van der Waals surface area contributed by atoms with Crippen molar-refractivity contribution in [2.75, 3.05) is 10.0 Å². The molecule has 9 heteroatoms. The van der Waals surface area contributed by atoms with Crippen molar-refractivity contribution in [1.82, 2.24) is 4.98 Å². The number of hydrogen-bond donors (Lipinski definition) is 2. The third-order valence-electron chi connectivity index (χ3n) is 4.82. The van der Waals surface area contributed by atoms with Crippen molar-refractivity contribution in [2.24, 2.45) is 0 Å². The number of nitrogens with zero attached hydrogens (tertiary/aromatic N) is 1. The van der Waals surface area contributed by atoms with Gasteiger partial charge in [0, 0.05) is 23.1 Å². The number of carbonyl (C=O) groups excluding carboxylic acids is 1. The highest BCUT2D eigenvalue weighted by atomic mass is 32.2. The molecule has 1 amide bonds. The highest BCUT2D eigenvalue weighted by molar-refractivity contribution is 7.92. The van der Waals surface area contributed by atoms with E-state index in [-0.39, 0.29) is 16.5 Å². The minimum atomic E-state index is -3.88. The Morgan fingerprint density at radius 3 is 2.29 bits per heavy atom. The summed E-state index contributed by atoms with van der Waals surface area (Å²) in [4.78, 5) is 16.6. The highest BCUT2D eigenvalue weighted by Gasteiger charge is 2.15. The summed E-state index contributed by atoms with van der Waals surface area (Å²) >= 11 is 0. The topological polar surface area (TPSA) is 97.4 Å². The Bertz CT molecular complexity index is 1410. The number of pyridine rings is 1. The third-order valence-corrected chi connectivity index (χ3v) is 6.22. The van der Waals surface area contributed by atoms with Crippen LogP contribution in [0.4, 0.5) is 15.8 Å². The van der Waals surface area contributed by atoms with Crippen molar-refractivity contribution >= 4 is 27.3 Å². The van der Waals surface area contributed by atoms with Crippen molar-refractivity contribution in [3.63, 3.8) is 0 Å². The van der Waals surface area contributed by atoms with Crippen LogP contribution in [0.1, 0.15) is 15.9 Å². The molecule has 1 aromatic heterocycles. The van der Waals surface area contributed by atoms with E-state index in [4.69, 9.17) is 4.74 Å². The second-order valence-corrected chi connectivity index (χ2v) is 9.04. The van der Waals surface area contributed by atoms with Gasteiger partial charge in [0.25, 0.3) is 15.9 Å². The van der Waals surface area contributed by atoms with E-state index in [2.05, 4.69) is 15.0 Å². The zero-order valence-electron chi connectivity index (χ0n) is 18.0. The van der Waals surface area contributed by atoms with E-state index in [1.807, 2.05) is 6.92 Å². The van der Waals surface area contributed by atoms with Gasteiger partial charge in [-0.2, -0.15) is 0 Å². The number of aryl methyl sites for hydroxylation is 1. The molecule has 0 unspecified atom stereocenters. The van der Waals surface area contributed by atoms with Gasteiger partial charge in [0.2, 0.25) is 0 Å². The number of benzene rings is 3. The predicted octanol–water partition coefficient (Wildman–Crippen LogP) is 5.37. The fourth-order valence-corrected chi connectivity index (χ4v) is 4.16. The summed E-state index contributed by atoms with van der Waals surface area (Å²) in [5, 5.41) is 2.81. The third kappa shape index (κ3) is 5.57. The van der Waals surface area contributed by atoms with E-state index in [1.54, 1.807) is 42.7 Å². The Hall–Kier alpha value is -4.24. The number of nitrogens with one attached hydrogen (secondary N) is 2. The molecule has 2 N–H and O–H groups in total. The van der Waals surface area contributed by atoms with Crippen molar-refractivity contribution in [1.29, 1.82) is 0 Å². The smallest absolute Gasteiger partial charge is 0.261 e. The lowest BCUT2D eigenvalue weighted by Gasteiger charge is -2.12. The van der Waals surface area contributed by atoms with Crippen LogP contribution < -0.4 is 14.8 Å². The molecule has 4 rings (SSSR count). The van der Waals surface area contributed by atoms with Crippen LogP contribution in [0.5, 0.6) is 11.5 Å². The zero-order valence-corrected chi connectivity index (χ0v) is 18.8. The molecule has 4 aromatic rings. The van der Waals surface area contributed by atoms with Gasteiger partial charge in [0.1, 0.15) is 17.3 Å². The number of carbonyl (C=O) groups is 1. The Labute approximate surface area is 196 Å². The Kier molecular flexibility index (Phi) is 6.55. The number of anilines is 2. The number of aromatic nitrogens is 1. The standard InChI is InChI=1S/C25H20FN3O4S/c1-17-15-21(10-13-24(17)33-22-3-2-14-27-16-22)28-25(30)18-4-8-20(9-5-18)29-34(31,32)23-11-6-19(26)7-12-23/h2-16,29H,1H3,(H,28,30). The first-order valence-corrected chi connectivity index (χ1v) is 11.7. The molecular weight excluding hydrogens is 457 g/mol. The molecule has 3 aromatic carbocycles. The SMILES string of the molecule is Cc1cc(NC(=O)c2ccc(NS(=O)(=O)c3ccc(F)cc3)cc2)ccc1Oc1cccnc1. The summed E-state index contributed by atoms with van der Waals surface area (Å²) in [5.74, 6) is 0.370. The molecule has 0 spiro atoms. The van der Waals surface area contributed by atoms with Gasteiger partial charge in [-0.3, -0.25) is 14.5 Å². The largest absolute Gasteiger partial charge is 0.455 e. The normalized spacial score (nSPS) is 11.0. The molecule has 0 bridgehead atoms. The van der Waals surface area contributed by atoms with E-state index >= 15 is 0 Å². The monoisotopic (exact) mass is 477 g/mol. The second-order valence-electron chi connectivity index (χ2n) is 7.36. The van der Waals surface area contributed by atoms with Crippen LogP contribution in [0.25, 0.3) is 0 Å². The van der Waals surface area contributed by atoms with Crippen LogP contribution in [-0.4, -0.2) is 19.3 Å². The fraction of sp³-hybridized carbons (Fsp3) is 0.0400. The van der Waals surface area contributed by atoms with E-state index in [9.17, 15) is 17.6 Å². The summed E-state index contributed by atoms with van der Waals surface area (Å²) < 4.78 is 46.1. The molecule has 0 saturated carbocycles. The van der Waals surface area contributed by atoms with Crippen molar-refractivity contribution in [2.45, 2.75) is 11.8 Å². The maximum atomic E-state index is 13.0. The van der Waals surface area contributed by atoms with Gasteiger partial charge in [-0.25, -0.2) is 12.8 Å². The number of rotatable bonds is 7. The average Bonchev–Trinajstić information content (AvgIpc) is 2.82. The first kappa shape index (κ1) is 22.9. The number of hydrogen-bond acceptors (Lipinski definition) is 5. The second kappa shape index (κ2) is 9.72. The van der Waals surface area contributed by atoms with Gasteiger partial charge >= 0.3 is 0 Å². The minimum absolute atomic E-state index is 0.0676. The summed E-state index contributed by atoms with van der Waals surface area (Å²) in [5.41, 5.74) is 2.03. The summed E-state index contributed by atoms with van der Waals surface area (Å²) in [6.45, 7) is 1.86. The van der Waals surface area contributed by atoms with E-state index in [0.717, 1.165) is 17.7 Å². The molecule has 0 aliphatic heterocycles. The van der Waals surface area contributed by atoms with Gasteiger partial charge in [-0.1, -0.05) is 0 Å². The lowest BCUT2D eigenvalue weighted by atomic mass is 10.1. The quantitative estimate of drug-likeness (QED) is 0.373. The van der Waals surface area contributed by atoms with Gasteiger partial charge in [0.05, 0.1) is 11.1 Å². The molecule has 0 radical (unpaired) electrons. The van der Waals surface area contributed by atoms with Crippen LogP contribution in [0, 0.1) is 12.7 Å². The molecule has 0 aliphatic carbocycles. The van der Waals surface area contributed by atoms with Gasteiger partial charge in [-0.05, 0) is 91.3 Å². The maximum absolute atomic E-state index is 13.0. The number of halogens is 1. The van der Waals surface area contributed by atoms with Gasteiger partial charge in [0.15, 0.2) is 0 Å².